The predicted octanol–water partition coefficient (Wildman–Crippen LogP) is 6.41. The van der Waals surface area contributed by atoms with Crippen molar-refractivity contribution in [3.05, 3.63) is 68.7 Å². The fraction of sp³-hybridized carbons (Fsp3) is 0.250. The molecular formula is C16H13BrClF3. The molecule has 0 spiro atoms. The summed E-state index contributed by atoms with van der Waals surface area (Å²) in [5.41, 5.74) is 2.59. The minimum absolute atomic E-state index is 0.0169. The van der Waals surface area contributed by atoms with Crippen LogP contribution in [0.15, 0.2) is 40.9 Å². The van der Waals surface area contributed by atoms with Gasteiger partial charge in [-0.25, -0.2) is 0 Å². The van der Waals surface area contributed by atoms with Crippen molar-refractivity contribution in [3.8, 4) is 0 Å². The van der Waals surface area contributed by atoms with Crippen molar-refractivity contribution < 1.29 is 13.2 Å². The Morgan fingerprint density at radius 2 is 1.71 bits per heavy atom. The lowest BCUT2D eigenvalue weighted by Crippen LogP contribution is -2.07. The Morgan fingerprint density at radius 1 is 1.05 bits per heavy atom. The van der Waals surface area contributed by atoms with E-state index >= 15 is 0 Å². The van der Waals surface area contributed by atoms with Crippen LogP contribution in [-0.4, -0.2) is 0 Å². The molecule has 1 atom stereocenters. The molecule has 0 saturated heterocycles. The first-order chi connectivity index (χ1) is 9.70. The summed E-state index contributed by atoms with van der Waals surface area (Å²) in [6.45, 7) is 3.86. The van der Waals surface area contributed by atoms with Gasteiger partial charge in [0.1, 0.15) is 0 Å². The second-order valence-corrected chi connectivity index (χ2v) is 6.25. The van der Waals surface area contributed by atoms with E-state index in [-0.39, 0.29) is 4.47 Å². The largest absolute Gasteiger partial charge is 0.417 e. The molecular weight excluding hydrogens is 365 g/mol. The third-order valence-corrected chi connectivity index (χ3v) is 4.47. The van der Waals surface area contributed by atoms with Gasteiger partial charge in [-0.05, 0) is 42.7 Å². The molecule has 112 valence electrons. The summed E-state index contributed by atoms with van der Waals surface area (Å²) in [6, 6.07) is 9.82. The van der Waals surface area contributed by atoms with Crippen LogP contribution in [0.25, 0.3) is 0 Å². The number of benzene rings is 2. The number of halogens is 5. The Kier molecular flexibility index (Phi) is 4.69. The minimum Gasteiger partial charge on any atom is -0.166 e. The van der Waals surface area contributed by atoms with Crippen LogP contribution in [-0.2, 0) is 6.18 Å². The summed E-state index contributed by atoms with van der Waals surface area (Å²) in [5, 5.41) is -0.611. The zero-order valence-corrected chi connectivity index (χ0v) is 13.8. The van der Waals surface area contributed by atoms with Crippen LogP contribution in [0, 0.1) is 13.8 Å². The number of hydrogen-bond donors (Lipinski definition) is 0. The highest BCUT2D eigenvalue weighted by molar-refractivity contribution is 9.10. The molecule has 0 aliphatic rings. The fourth-order valence-corrected chi connectivity index (χ4v) is 3.06. The maximum atomic E-state index is 13.0. The molecule has 0 radical (unpaired) electrons. The molecule has 0 N–H and O–H groups in total. The zero-order valence-electron chi connectivity index (χ0n) is 11.4. The summed E-state index contributed by atoms with van der Waals surface area (Å²) in [5.74, 6) is 0. The molecule has 2 rings (SSSR count). The lowest BCUT2D eigenvalue weighted by atomic mass is 9.97. The Balaban J connectivity index is 2.46. The molecule has 0 nitrogen and oxygen atoms in total. The van der Waals surface area contributed by atoms with Crippen LogP contribution >= 0.6 is 27.5 Å². The number of hydrogen-bond acceptors (Lipinski definition) is 0. The number of alkyl halides is 4. The monoisotopic (exact) mass is 376 g/mol. The average Bonchev–Trinajstić information content (AvgIpc) is 2.37. The van der Waals surface area contributed by atoms with E-state index in [1.807, 2.05) is 32.0 Å². The van der Waals surface area contributed by atoms with Gasteiger partial charge in [0.2, 0.25) is 0 Å². The third-order valence-electron chi connectivity index (χ3n) is 3.29. The standard InChI is InChI=1S/C16H13BrClF3/c1-9-3-5-12(10(2)7-9)15(18)11-4-6-14(17)13(8-11)16(19,20)21/h3-8,15H,1-2H3. The molecule has 2 aromatic carbocycles. The third kappa shape index (κ3) is 3.61. The molecule has 0 aromatic heterocycles. The Labute approximate surface area is 135 Å². The summed E-state index contributed by atoms with van der Waals surface area (Å²) in [6.07, 6.45) is -4.41. The molecule has 0 saturated carbocycles. The Morgan fingerprint density at radius 3 is 2.29 bits per heavy atom. The maximum Gasteiger partial charge on any atom is 0.417 e. The molecule has 0 aliphatic carbocycles. The number of rotatable bonds is 2. The summed E-state index contributed by atoms with van der Waals surface area (Å²) in [4.78, 5) is 0. The quantitative estimate of drug-likeness (QED) is 0.530. The molecule has 0 amide bonds. The van der Waals surface area contributed by atoms with Crippen molar-refractivity contribution in [2.24, 2.45) is 0 Å². The SMILES string of the molecule is Cc1ccc(C(Cl)c2ccc(Br)c(C(F)(F)F)c2)c(C)c1. The Bertz CT molecular complexity index is 665. The minimum atomic E-state index is -4.41. The van der Waals surface area contributed by atoms with Gasteiger partial charge in [-0.15, -0.1) is 11.6 Å². The van der Waals surface area contributed by atoms with E-state index in [2.05, 4.69) is 15.9 Å². The molecule has 0 fully saturated rings. The van der Waals surface area contributed by atoms with Crippen LogP contribution in [0.1, 0.15) is 33.2 Å². The van der Waals surface area contributed by atoms with Crippen LogP contribution in [0.5, 0.6) is 0 Å². The van der Waals surface area contributed by atoms with Gasteiger partial charge >= 0.3 is 6.18 Å². The summed E-state index contributed by atoms with van der Waals surface area (Å²) in [7, 11) is 0. The van der Waals surface area contributed by atoms with E-state index in [0.29, 0.717) is 5.56 Å². The smallest absolute Gasteiger partial charge is 0.166 e. The fourth-order valence-electron chi connectivity index (χ4n) is 2.21. The molecule has 1 unspecified atom stereocenters. The van der Waals surface area contributed by atoms with Crippen molar-refractivity contribution in [1.82, 2.24) is 0 Å². The molecule has 21 heavy (non-hydrogen) atoms. The van der Waals surface area contributed by atoms with Crippen LogP contribution < -0.4 is 0 Å². The average molecular weight is 378 g/mol. The second-order valence-electron chi connectivity index (χ2n) is 4.96. The lowest BCUT2D eigenvalue weighted by molar-refractivity contribution is -0.138. The van der Waals surface area contributed by atoms with Gasteiger partial charge in [0.15, 0.2) is 0 Å². The highest BCUT2D eigenvalue weighted by atomic mass is 79.9. The van der Waals surface area contributed by atoms with Gasteiger partial charge in [0.05, 0.1) is 10.9 Å². The zero-order chi connectivity index (χ0) is 15.8. The first kappa shape index (κ1) is 16.4. The number of aryl methyl sites for hydroxylation is 2. The maximum absolute atomic E-state index is 13.0. The lowest BCUT2D eigenvalue weighted by Gasteiger charge is -2.16. The highest BCUT2D eigenvalue weighted by Gasteiger charge is 2.33. The predicted molar refractivity (Wildman–Crippen MR) is 82.8 cm³/mol. The highest BCUT2D eigenvalue weighted by Crippen LogP contribution is 2.39. The van der Waals surface area contributed by atoms with Gasteiger partial charge in [-0.1, -0.05) is 45.8 Å². The van der Waals surface area contributed by atoms with Crippen molar-refractivity contribution in [3.63, 3.8) is 0 Å². The van der Waals surface area contributed by atoms with Gasteiger partial charge in [-0.2, -0.15) is 13.2 Å². The molecule has 0 aliphatic heterocycles. The summed E-state index contributed by atoms with van der Waals surface area (Å²) >= 11 is 9.31. The first-order valence-corrected chi connectivity index (χ1v) is 7.51. The van der Waals surface area contributed by atoms with Crippen molar-refractivity contribution >= 4 is 27.5 Å². The topological polar surface area (TPSA) is 0 Å². The van der Waals surface area contributed by atoms with Gasteiger partial charge in [-0.3, -0.25) is 0 Å². The molecule has 5 heteroatoms. The first-order valence-electron chi connectivity index (χ1n) is 6.28. The van der Waals surface area contributed by atoms with Crippen LogP contribution in [0.2, 0.25) is 0 Å². The summed E-state index contributed by atoms with van der Waals surface area (Å²) < 4.78 is 38.9. The van der Waals surface area contributed by atoms with Gasteiger partial charge in [0.25, 0.3) is 0 Å². The van der Waals surface area contributed by atoms with E-state index in [0.717, 1.165) is 22.8 Å². The molecule has 0 heterocycles. The van der Waals surface area contributed by atoms with E-state index in [9.17, 15) is 13.2 Å². The van der Waals surface area contributed by atoms with Crippen molar-refractivity contribution in [1.29, 1.82) is 0 Å². The second kappa shape index (κ2) is 6.01. The molecule has 2 aromatic rings. The molecule has 0 bridgehead atoms. The van der Waals surface area contributed by atoms with Crippen molar-refractivity contribution in [2.75, 3.05) is 0 Å². The van der Waals surface area contributed by atoms with Gasteiger partial charge < -0.3 is 0 Å². The van der Waals surface area contributed by atoms with Crippen molar-refractivity contribution in [2.45, 2.75) is 25.4 Å². The van der Waals surface area contributed by atoms with Crippen LogP contribution in [0.3, 0.4) is 0 Å². The Hall–Kier alpha value is -1.00. The normalized spacial score (nSPS) is 13.3. The van der Waals surface area contributed by atoms with Crippen LogP contribution in [0.4, 0.5) is 13.2 Å². The van der Waals surface area contributed by atoms with Gasteiger partial charge in [0, 0.05) is 4.47 Å². The van der Waals surface area contributed by atoms with E-state index in [4.69, 9.17) is 11.6 Å². The van der Waals surface area contributed by atoms with E-state index in [1.54, 1.807) is 6.07 Å². The van der Waals surface area contributed by atoms with E-state index in [1.165, 1.54) is 6.07 Å². The van der Waals surface area contributed by atoms with E-state index < -0.39 is 17.1 Å².